The highest BCUT2D eigenvalue weighted by Gasteiger charge is 2.18. The molecule has 1 saturated heterocycles. The van der Waals surface area contributed by atoms with Gasteiger partial charge in [-0.25, -0.2) is 9.78 Å². The van der Waals surface area contributed by atoms with Crippen LogP contribution in [0.4, 0.5) is 10.5 Å². The molecule has 2 heterocycles. The lowest BCUT2D eigenvalue weighted by Crippen LogP contribution is -2.40. The summed E-state index contributed by atoms with van der Waals surface area (Å²) in [6.07, 6.45) is 3.63. The Morgan fingerprint density at radius 2 is 2.15 bits per heavy atom. The lowest BCUT2D eigenvalue weighted by Gasteiger charge is -2.15. The zero-order valence-corrected chi connectivity index (χ0v) is 11.4. The largest absolute Gasteiger partial charge is 0.480 e. The minimum Gasteiger partial charge on any atom is -0.480 e. The minimum atomic E-state index is -0.455. The van der Waals surface area contributed by atoms with Crippen LogP contribution < -0.4 is 15.4 Å². The van der Waals surface area contributed by atoms with E-state index in [4.69, 9.17) is 4.74 Å². The van der Waals surface area contributed by atoms with Crippen molar-refractivity contribution in [1.29, 1.82) is 0 Å². The molecule has 20 heavy (non-hydrogen) atoms. The van der Waals surface area contributed by atoms with Gasteiger partial charge in [-0.2, -0.15) is 0 Å². The lowest BCUT2D eigenvalue weighted by atomic mass is 10.4. The van der Waals surface area contributed by atoms with Crippen molar-refractivity contribution in [3.8, 4) is 5.88 Å². The number of amides is 3. The predicted octanol–water partition coefficient (Wildman–Crippen LogP) is 0.834. The third kappa shape index (κ3) is 3.59. The standard InChI is InChI=1S/C13H18N4O3/c1-20-12-10(5-4-6-14-12)16-13(19)15-9-11(18)17-7-2-3-8-17/h4-6H,2-3,7-9H2,1H3,(H2,15,16,19). The second kappa shape index (κ2) is 6.74. The summed E-state index contributed by atoms with van der Waals surface area (Å²) in [4.78, 5) is 29.2. The number of urea groups is 1. The average Bonchev–Trinajstić information content (AvgIpc) is 2.99. The van der Waals surface area contributed by atoms with E-state index < -0.39 is 6.03 Å². The molecule has 0 aromatic carbocycles. The number of ether oxygens (including phenoxy) is 1. The van der Waals surface area contributed by atoms with Crippen molar-refractivity contribution >= 4 is 17.6 Å². The first-order chi connectivity index (χ1) is 9.70. The summed E-state index contributed by atoms with van der Waals surface area (Å²) >= 11 is 0. The summed E-state index contributed by atoms with van der Waals surface area (Å²) in [5.74, 6) is 0.268. The van der Waals surface area contributed by atoms with Gasteiger partial charge in [0.2, 0.25) is 11.8 Å². The fraction of sp³-hybridized carbons (Fsp3) is 0.462. The fourth-order valence-electron chi connectivity index (χ4n) is 2.05. The number of aromatic nitrogens is 1. The number of anilines is 1. The molecule has 3 amide bonds. The molecule has 2 N–H and O–H groups in total. The van der Waals surface area contributed by atoms with Gasteiger partial charge in [0.1, 0.15) is 5.69 Å². The SMILES string of the molecule is COc1ncccc1NC(=O)NCC(=O)N1CCCC1. The van der Waals surface area contributed by atoms with E-state index in [0.29, 0.717) is 11.6 Å². The van der Waals surface area contributed by atoms with Crippen LogP contribution in [-0.2, 0) is 4.79 Å². The van der Waals surface area contributed by atoms with Gasteiger partial charge >= 0.3 is 6.03 Å². The first kappa shape index (κ1) is 14.1. The van der Waals surface area contributed by atoms with E-state index in [1.807, 2.05) is 0 Å². The number of carbonyl (C=O) groups is 2. The van der Waals surface area contributed by atoms with Crippen LogP contribution in [0.15, 0.2) is 18.3 Å². The molecule has 1 fully saturated rings. The zero-order chi connectivity index (χ0) is 14.4. The Labute approximate surface area is 117 Å². The Morgan fingerprint density at radius 3 is 2.85 bits per heavy atom. The summed E-state index contributed by atoms with van der Waals surface area (Å²) in [5.41, 5.74) is 0.459. The maximum Gasteiger partial charge on any atom is 0.319 e. The highest BCUT2D eigenvalue weighted by Crippen LogP contribution is 2.19. The zero-order valence-electron chi connectivity index (χ0n) is 11.4. The lowest BCUT2D eigenvalue weighted by molar-refractivity contribution is -0.128. The molecule has 0 radical (unpaired) electrons. The number of carbonyl (C=O) groups excluding carboxylic acids is 2. The molecule has 7 heteroatoms. The van der Waals surface area contributed by atoms with Gasteiger partial charge in [0.05, 0.1) is 13.7 Å². The van der Waals surface area contributed by atoms with Crippen molar-refractivity contribution in [3.63, 3.8) is 0 Å². The first-order valence-electron chi connectivity index (χ1n) is 6.52. The number of pyridine rings is 1. The van der Waals surface area contributed by atoms with Crippen LogP contribution in [0, 0.1) is 0 Å². The van der Waals surface area contributed by atoms with Crippen LogP contribution in [0.5, 0.6) is 5.88 Å². The molecule has 108 valence electrons. The molecule has 7 nitrogen and oxygen atoms in total. The normalized spacial score (nSPS) is 13.9. The van der Waals surface area contributed by atoms with E-state index in [1.54, 1.807) is 23.2 Å². The number of methoxy groups -OCH3 is 1. The quantitative estimate of drug-likeness (QED) is 0.854. The number of nitrogens with one attached hydrogen (secondary N) is 2. The number of nitrogens with zero attached hydrogens (tertiary/aromatic N) is 2. The maximum absolute atomic E-state index is 11.8. The molecule has 1 aromatic rings. The first-order valence-corrected chi connectivity index (χ1v) is 6.52. The van der Waals surface area contributed by atoms with Crippen molar-refractivity contribution < 1.29 is 14.3 Å². The highest BCUT2D eigenvalue weighted by molar-refractivity contribution is 5.93. The third-order valence-corrected chi connectivity index (χ3v) is 3.07. The fourth-order valence-corrected chi connectivity index (χ4v) is 2.05. The van der Waals surface area contributed by atoms with Crippen molar-refractivity contribution in [2.24, 2.45) is 0 Å². The van der Waals surface area contributed by atoms with Crippen LogP contribution in [0.2, 0.25) is 0 Å². The van der Waals surface area contributed by atoms with E-state index in [-0.39, 0.29) is 12.5 Å². The number of hydrogen-bond donors (Lipinski definition) is 2. The molecule has 0 unspecified atom stereocenters. The van der Waals surface area contributed by atoms with E-state index in [1.165, 1.54) is 7.11 Å². The monoisotopic (exact) mass is 278 g/mol. The number of rotatable bonds is 4. The Balaban J connectivity index is 1.81. The summed E-state index contributed by atoms with van der Waals surface area (Å²) in [5, 5.41) is 5.13. The maximum atomic E-state index is 11.8. The summed E-state index contributed by atoms with van der Waals surface area (Å²) in [6, 6.07) is 2.91. The Bertz CT molecular complexity index is 486. The van der Waals surface area contributed by atoms with Gasteiger partial charge in [0, 0.05) is 19.3 Å². The number of likely N-dealkylation sites (tertiary alicyclic amines) is 1. The molecule has 0 bridgehead atoms. The summed E-state index contributed by atoms with van der Waals surface area (Å²) < 4.78 is 5.02. The molecule has 1 aliphatic rings. The van der Waals surface area contributed by atoms with Gasteiger partial charge in [-0.05, 0) is 25.0 Å². The van der Waals surface area contributed by atoms with Crippen LogP contribution in [-0.4, -0.2) is 48.6 Å². The molecule has 0 spiro atoms. The van der Waals surface area contributed by atoms with Crippen molar-refractivity contribution in [2.45, 2.75) is 12.8 Å². The molecule has 1 aliphatic heterocycles. The van der Waals surface area contributed by atoms with Crippen molar-refractivity contribution in [1.82, 2.24) is 15.2 Å². The summed E-state index contributed by atoms with van der Waals surface area (Å²) in [7, 11) is 1.47. The van der Waals surface area contributed by atoms with Crippen LogP contribution in [0.3, 0.4) is 0 Å². The third-order valence-electron chi connectivity index (χ3n) is 3.07. The molecular formula is C13H18N4O3. The second-order valence-electron chi connectivity index (χ2n) is 4.46. The Kier molecular flexibility index (Phi) is 4.75. The average molecular weight is 278 g/mol. The van der Waals surface area contributed by atoms with E-state index in [9.17, 15) is 9.59 Å². The molecule has 0 saturated carbocycles. The molecule has 0 atom stereocenters. The second-order valence-corrected chi connectivity index (χ2v) is 4.46. The van der Waals surface area contributed by atoms with Crippen LogP contribution >= 0.6 is 0 Å². The summed E-state index contributed by atoms with van der Waals surface area (Å²) in [6.45, 7) is 1.55. The van der Waals surface area contributed by atoms with Crippen LogP contribution in [0.25, 0.3) is 0 Å². The van der Waals surface area contributed by atoms with Gasteiger partial charge in [0.25, 0.3) is 0 Å². The molecule has 0 aliphatic carbocycles. The van der Waals surface area contributed by atoms with E-state index >= 15 is 0 Å². The van der Waals surface area contributed by atoms with Gasteiger partial charge in [-0.1, -0.05) is 0 Å². The van der Waals surface area contributed by atoms with Gasteiger partial charge in [-0.15, -0.1) is 0 Å². The van der Waals surface area contributed by atoms with Crippen LogP contribution in [0.1, 0.15) is 12.8 Å². The van der Waals surface area contributed by atoms with Gasteiger partial charge in [-0.3, -0.25) is 4.79 Å². The van der Waals surface area contributed by atoms with Gasteiger partial charge in [0.15, 0.2) is 0 Å². The topological polar surface area (TPSA) is 83.6 Å². The Morgan fingerprint density at radius 1 is 1.40 bits per heavy atom. The molecule has 2 rings (SSSR count). The van der Waals surface area contributed by atoms with Crippen molar-refractivity contribution in [2.75, 3.05) is 32.1 Å². The molecule has 1 aromatic heterocycles. The minimum absolute atomic E-state index is 0.00554. The number of hydrogen-bond acceptors (Lipinski definition) is 4. The smallest absolute Gasteiger partial charge is 0.319 e. The predicted molar refractivity (Wildman–Crippen MR) is 73.6 cm³/mol. The van der Waals surface area contributed by atoms with E-state index in [2.05, 4.69) is 15.6 Å². The van der Waals surface area contributed by atoms with Crippen molar-refractivity contribution in [3.05, 3.63) is 18.3 Å². The van der Waals surface area contributed by atoms with E-state index in [0.717, 1.165) is 25.9 Å². The highest BCUT2D eigenvalue weighted by atomic mass is 16.5. The Hall–Kier alpha value is -2.31. The van der Waals surface area contributed by atoms with Gasteiger partial charge < -0.3 is 20.3 Å². The molecular weight excluding hydrogens is 260 g/mol.